The zero-order valence-corrected chi connectivity index (χ0v) is 15.4. The highest BCUT2D eigenvalue weighted by Crippen LogP contribution is 2.15. The number of aryl methyl sites for hydroxylation is 1. The fourth-order valence-corrected chi connectivity index (χ4v) is 3.21. The molecule has 6 heteroatoms. The lowest BCUT2D eigenvalue weighted by Crippen LogP contribution is -2.40. The number of hydrogen-bond acceptors (Lipinski definition) is 4. The molecule has 1 saturated heterocycles. The number of rotatable bonds is 4. The highest BCUT2D eigenvalue weighted by molar-refractivity contribution is 5.92. The first kappa shape index (κ1) is 18.2. The van der Waals surface area contributed by atoms with Crippen LogP contribution in [0.1, 0.15) is 48.7 Å². The number of likely N-dealkylation sites (tertiary alicyclic amines) is 1. The van der Waals surface area contributed by atoms with Crippen molar-refractivity contribution in [1.29, 1.82) is 0 Å². The molecule has 1 aromatic carbocycles. The summed E-state index contributed by atoms with van der Waals surface area (Å²) in [6, 6.07) is 8.94. The van der Waals surface area contributed by atoms with Gasteiger partial charge in [0, 0.05) is 25.0 Å². The number of nitrogens with zero attached hydrogens (tertiary/aromatic N) is 3. The highest BCUT2D eigenvalue weighted by Gasteiger charge is 2.24. The summed E-state index contributed by atoms with van der Waals surface area (Å²) in [5.41, 5.74) is 2.31. The summed E-state index contributed by atoms with van der Waals surface area (Å²) in [5.74, 6) is -0.589. The second-order valence-corrected chi connectivity index (χ2v) is 6.72. The van der Waals surface area contributed by atoms with Gasteiger partial charge in [-0.05, 0) is 57.0 Å². The lowest BCUT2D eigenvalue weighted by atomic mass is 10.2. The Morgan fingerprint density at radius 3 is 2.27 bits per heavy atom. The van der Waals surface area contributed by atoms with Crippen molar-refractivity contribution in [3.8, 4) is 5.69 Å². The van der Waals surface area contributed by atoms with Gasteiger partial charge in [0.05, 0.1) is 11.3 Å². The molecule has 1 fully saturated rings. The lowest BCUT2D eigenvalue weighted by Gasteiger charge is -2.24. The molecule has 1 atom stereocenters. The normalized spacial score (nSPS) is 16.0. The highest BCUT2D eigenvalue weighted by atomic mass is 16.5. The van der Waals surface area contributed by atoms with Crippen LogP contribution in [0.25, 0.3) is 5.69 Å². The number of aromatic nitrogens is 2. The molecule has 0 N–H and O–H groups in total. The van der Waals surface area contributed by atoms with Gasteiger partial charge in [0.15, 0.2) is 6.10 Å². The largest absolute Gasteiger partial charge is 0.449 e. The summed E-state index contributed by atoms with van der Waals surface area (Å²) in [6.45, 7) is 5.11. The summed E-state index contributed by atoms with van der Waals surface area (Å²) in [4.78, 5) is 26.7. The van der Waals surface area contributed by atoms with E-state index in [1.807, 2.05) is 30.0 Å². The maximum atomic E-state index is 12.5. The van der Waals surface area contributed by atoms with Gasteiger partial charge in [-0.15, -0.1) is 0 Å². The minimum atomic E-state index is -0.770. The van der Waals surface area contributed by atoms with Crippen LogP contribution in [0.5, 0.6) is 0 Å². The molecule has 1 amide bonds. The van der Waals surface area contributed by atoms with Crippen LogP contribution in [0.3, 0.4) is 0 Å². The van der Waals surface area contributed by atoms with E-state index in [2.05, 4.69) is 5.10 Å². The van der Waals surface area contributed by atoms with Gasteiger partial charge >= 0.3 is 5.97 Å². The average Bonchev–Trinajstić information content (AvgIpc) is 2.91. The van der Waals surface area contributed by atoms with Crippen LogP contribution in [-0.2, 0) is 9.53 Å². The summed E-state index contributed by atoms with van der Waals surface area (Å²) >= 11 is 0. The number of ether oxygens (including phenoxy) is 1. The molecule has 2 heterocycles. The van der Waals surface area contributed by atoms with Crippen molar-refractivity contribution >= 4 is 11.9 Å². The molecular formula is C20H25N3O3. The number of hydrogen-bond donors (Lipinski definition) is 0. The molecule has 1 aliphatic heterocycles. The van der Waals surface area contributed by atoms with E-state index in [4.69, 9.17) is 4.74 Å². The van der Waals surface area contributed by atoms with Gasteiger partial charge in [-0.2, -0.15) is 5.10 Å². The lowest BCUT2D eigenvalue weighted by molar-refractivity contribution is -0.139. The Labute approximate surface area is 153 Å². The first-order chi connectivity index (χ1) is 12.6. The van der Waals surface area contributed by atoms with Gasteiger partial charge in [0.1, 0.15) is 0 Å². The molecule has 138 valence electrons. The molecule has 1 aromatic heterocycles. The van der Waals surface area contributed by atoms with Gasteiger partial charge < -0.3 is 9.64 Å². The van der Waals surface area contributed by atoms with Crippen molar-refractivity contribution in [2.24, 2.45) is 0 Å². The Bertz CT molecular complexity index is 759. The Hall–Kier alpha value is -2.63. The van der Waals surface area contributed by atoms with Gasteiger partial charge in [-0.25, -0.2) is 9.48 Å². The third-order valence-corrected chi connectivity index (χ3v) is 4.73. The Morgan fingerprint density at radius 1 is 1.04 bits per heavy atom. The van der Waals surface area contributed by atoms with E-state index in [1.54, 1.807) is 29.9 Å². The maximum absolute atomic E-state index is 12.5. The van der Waals surface area contributed by atoms with E-state index >= 15 is 0 Å². The van der Waals surface area contributed by atoms with Crippen LogP contribution in [0.4, 0.5) is 0 Å². The monoisotopic (exact) mass is 355 g/mol. The molecule has 26 heavy (non-hydrogen) atoms. The molecule has 0 saturated carbocycles. The van der Waals surface area contributed by atoms with Crippen LogP contribution < -0.4 is 0 Å². The SMILES string of the molecule is Cc1ccnn1-c1ccc(C(=O)O[C@H](C)C(=O)N2CCCCCC2)cc1. The molecule has 0 bridgehead atoms. The second kappa shape index (κ2) is 8.17. The van der Waals surface area contributed by atoms with Crippen LogP contribution in [-0.4, -0.2) is 45.8 Å². The van der Waals surface area contributed by atoms with Gasteiger partial charge in [0.2, 0.25) is 0 Å². The first-order valence-electron chi connectivity index (χ1n) is 9.17. The average molecular weight is 355 g/mol. The smallest absolute Gasteiger partial charge is 0.338 e. The molecule has 0 unspecified atom stereocenters. The minimum absolute atomic E-state index is 0.107. The van der Waals surface area contributed by atoms with E-state index < -0.39 is 12.1 Å². The van der Waals surface area contributed by atoms with E-state index in [1.165, 1.54) is 0 Å². The number of esters is 1. The van der Waals surface area contributed by atoms with Crippen LogP contribution in [0, 0.1) is 6.92 Å². The number of benzene rings is 1. The van der Waals surface area contributed by atoms with Crippen LogP contribution in [0.2, 0.25) is 0 Å². The van der Waals surface area contributed by atoms with E-state index in [0.717, 1.165) is 50.2 Å². The Kier molecular flexibility index (Phi) is 5.71. The van der Waals surface area contributed by atoms with E-state index in [-0.39, 0.29) is 5.91 Å². The predicted molar refractivity (Wildman–Crippen MR) is 98.2 cm³/mol. The summed E-state index contributed by atoms with van der Waals surface area (Å²) < 4.78 is 7.19. The quantitative estimate of drug-likeness (QED) is 0.791. The fourth-order valence-electron chi connectivity index (χ4n) is 3.21. The van der Waals surface area contributed by atoms with Crippen molar-refractivity contribution in [3.63, 3.8) is 0 Å². The summed E-state index contributed by atoms with van der Waals surface area (Å²) in [6.07, 6.45) is 5.29. The number of carbonyl (C=O) groups is 2. The van der Waals surface area contributed by atoms with Crippen molar-refractivity contribution in [2.45, 2.75) is 45.6 Å². The molecular weight excluding hydrogens is 330 g/mol. The predicted octanol–water partition coefficient (Wildman–Crippen LogP) is 3.13. The van der Waals surface area contributed by atoms with Crippen LogP contribution in [0.15, 0.2) is 36.5 Å². The minimum Gasteiger partial charge on any atom is -0.449 e. The number of carbonyl (C=O) groups excluding carboxylic acids is 2. The molecule has 1 aliphatic rings. The van der Waals surface area contributed by atoms with Crippen molar-refractivity contribution in [1.82, 2.24) is 14.7 Å². The van der Waals surface area contributed by atoms with Gasteiger partial charge in [-0.3, -0.25) is 4.79 Å². The number of amides is 1. The second-order valence-electron chi connectivity index (χ2n) is 6.72. The Morgan fingerprint density at radius 2 is 1.69 bits per heavy atom. The van der Waals surface area contributed by atoms with Crippen molar-refractivity contribution < 1.29 is 14.3 Å². The molecule has 0 radical (unpaired) electrons. The molecule has 0 spiro atoms. The van der Waals surface area contributed by atoms with E-state index in [9.17, 15) is 9.59 Å². The van der Waals surface area contributed by atoms with Gasteiger partial charge in [0.25, 0.3) is 5.91 Å². The third-order valence-electron chi connectivity index (χ3n) is 4.73. The standard InChI is InChI=1S/C20H25N3O3/c1-15-11-12-21-23(15)18-9-7-17(8-10-18)20(25)26-16(2)19(24)22-13-5-3-4-6-14-22/h7-12,16H,3-6,13-14H2,1-2H3/t16-/m1/s1. The topological polar surface area (TPSA) is 64.4 Å². The third kappa shape index (κ3) is 4.12. The van der Waals surface area contributed by atoms with Gasteiger partial charge in [-0.1, -0.05) is 12.8 Å². The van der Waals surface area contributed by atoms with Crippen molar-refractivity contribution in [2.75, 3.05) is 13.1 Å². The van der Waals surface area contributed by atoms with Crippen molar-refractivity contribution in [3.05, 3.63) is 47.8 Å². The maximum Gasteiger partial charge on any atom is 0.338 e. The first-order valence-corrected chi connectivity index (χ1v) is 9.17. The van der Waals surface area contributed by atoms with E-state index in [0.29, 0.717) is 5.56 Å². The summed E-state index contributed by atoms with van der Waals surface area (Å²) in [5, 5.41) is 4.24. The molecule has 6 nitrogen and oxygen atoms in total. The Balaban J connectivity index is 1.62. The molecule has 3 rings (SSSR count). The zero-order valence-electron chi connectivity index (χ0n) is 15.4. The molecule has 0 aliphatic carbocycles. The fraction of sp³-hybridized carbons (Fsp3) is 0.450. The zero-order chi connectivity index (χ0) is 18.5. The summed E-state index contributed by atoms with van der Waals surface area (Å²) in [7, 11) is 0. The van der Waals surface area contributed by atoms with Crippen LogP contribution >= 0.6 is 0 Å². The molecule has 2 aromatic rings.